The Hall–Kier alpha value is -3.39. The van der Waals surface area contributed by atoms with Crippen molar-refractivity contribution in [1.82, 2.24) is 29.9 Å². The van der Waals surface area contributed by atoms with Crippen LogP contribution in [-0.4, -0.2) is 36.2 Å². The summed E-state index contributed by atoms with van der Waals surface area (Å²) in [7, 11) is 0. The molecule has 1 amide bonds. The van der Waals surface area contributed by atoms with Gasteiger partial charge in [-0.05, 0) is 36.6 Å². The number of aromatic nitrogens is 5. The molecule has 0 spiro atoms. The lowest BCUT2D eigenvalue weighted by atomic mass is 10.1. The third kappa shape index (κ3) is 5.26. The number of amides is 1. The van der Waals surface area contributed by atoms with Crippen molar-refractivity contribution >= 4 is 17.7 Å². The molecule has 0 saturated heterocycles. The van der Waals surface area contributed by atoms with E-state index in [1.54, 1.807) is 6.20 Å². The summed E-state index contributed by atoms with van der Waals surface area (Å²) in [6.07, 6.45) is 3.71. The smallest absolute Gasteiger partial charge is 0.230 e. The van der Waals surface area contributed by atoms with Gasteiger partial charge in [0.15, 0.2) is 11.0 Å². The minimum Gasteiger partial charge on any atom is -0.351 e. The van der Waals surface area contributed by atoms with Gasteiger partial charge in [-0.25, -0.2) is 0 Å². The average molecular weight is 447 g/mol. The van der Waals surface area contributed by atoms with Crippen LogP contribution >= 0.6 is 11.8 Å². The number of carbonyl (C=O) groups is 1. The summed E-state index contributed by atoms with van der Waals surface area (Å²) < 4.78 is 3.94. The van der Waals surface area contributed by atoms with E-state index in [0.717, 1.165) is 40.8 Å². The molecule has 7 nitrogen and oxygen atoms in total. The molecule has 2 heterocycles. The van der Waals surface area contributed by atoms with E-state index in [2.05, 4.69) is 57.2 Å². The van der Waals surface area contributed by atoms with Gasteiger partial charge in [-0.2, -0.15) is 5.10 Å². The molecule has 164 valence electrons. The van der Waals surface area contributed by atoms with Crippen molar-refractivity contribution in [2.24, 2.45) is 0 Å². The van der Waals surface area contributed by atoms with Crippen LogP contribution in [-0.2, 0) is 24.4 Å². The second kappa shape index (κ2) is 10.3. The van der Waals surface area contributed by atoms with Gasteiger partial charge >= 0.3 is 0 Å². The molecule has 4 aromatic rings. The van der Waals surface area contributed by atoms with Crippen LogP contribution in [0.2, 0.25) is 0 Å². The molecule has 0 saturated carbocycles. The first kappa shape index (κ1) is 21.8. The second-order valence-electron chi connectivity index (χ2n) is 7.45. The molecule has 0 bridgehead atoms. The molecule has 0 aliphatic rings. The summed E-state index contributed by atoms with van der Waals surface area (Å²) in [5.41, 5.74) is 4.45. The molecule has 0 aliphatic carbocycles. The summed E-state index contributed by atoms with van der Waals surface area (Å²) in [4.78, 5) is 12.4. The van der Waals surface area contributed by atoms with Crippen molar-refractivity contribution in [3.05, 3.63) is 83.7 Å². The molecule has 0 radical (unpaired) electrons. The van der Waals surface area contributed by atoms with Crippen LogP contribution in [0.1, 0.15) is 23.6 Å². The van der Waals surface area contributed by atoms with Crippen molar-refractivity contribution in [3.63, 3.8) is 0 Å². The number of carbonyl (C=O) groups excluding carboxylic acids is 1. The molecule has 0 fully saturated rings. The number of thioether (sulfide) groups is 1. The predicted octanol–water partition coefficient (Wildman–Crippen LogP) is 3.93. The van der Waals surface area contributed by atoms with Gasteiger partial charge in [-0.3, -0.25) is 9.48 Å². The molecule has 32 heavy (non-hydrogen) atoms. The molecular weight excluding hydrogens is 420 g/mol. The molecule has 1 N–H and O–H groups in total. The second-order valence-corrected chi connectivity index (χ2v) is 8.39. The highest BCUT2D eigenvalue weighted by molar-refractivity contribution is 7.99. The third-order valence-corrected chi connectivity index (χ3v) is 6.13. The monoisotopic (exact) mass is 446 g/mol. The predicted molar refractivity (Wildman–Crippen MR) is 126 cm³/mol. The number of aryl methyl sites for hydroxylation is 1. The van der Waals surface area contributed by atoms with Crippen molar-refractivity contribution in [2.75, 3.05) is 5.75 Å². The van der Waals surface area contributed by atoms with Crippen LogP contribution in [0.3, 0.4) is 0 Å². The van der Waals surface area contributed by atoms with Gasteiger partial charge in [-0.15, -0.1) is 10.2 Å². The Labute approximate surface area is 191 Å². The number of hydrogen-bond acceptors (Lipinski definition) is 5. The fourth-order valence-electron chi connectivity index (χ4n) is 3.43. The quantitative estimate of drug-likeness (QED) is 0.394. The lowest BCUT2D eigenvalue weighted by Crippen LogP contribution is -2.24. The maximum absolute atomic E-state index is 12.4. The maximum atomic E-state index is 12.4. The Kier molecular flexibility index (Phi) is 7.01. The zero-order chi connectivity index (χ0) is 22.3. The summed E-state index contributed by atoms with van der Waals surface area (Å²) >= 11 is 1.41. The summed E-state index contributed by atoms with van der Waals surface area (Å²) in [6, 6.07) is 18.2. The van der Waals surface area contributed by atoms with E-state index < -0.39 is 0 Å². The summed E-state index contributed by atoms with van der Waals surface area (Å²) in [6.45, 7) is 6.10. The zero-order valence-electron chi connectivity index (χ0n) is 18.2. The largest absolute Gasteiger partial charge is 0.351 e. The maximum Gasteiger partial charge on any atom is 0.230 e. The third-order valence-electron chi connectivity index (χ3n) is 5.17. The van der Waals surface area contributed by atoms with Crippen molar-refractivity contribution < 1.29 is 4.79 Å². The van der Waals surface area contributed by atoms with E-state index in [1.165, 1.54) is 17.3 Å². The highest BCUT2D eigenvalue weighted by Gasteiger charge is 2.15. The summed E-state index contributed by atoms with van der Waals surface area (Å²) in [5, 5.41) is 16.7. The number of nitrogens with one attached hydrogen (secondary N) is 1. The molecule has 0 atom stereocenters. The molecule has 8 heteroatoms. The van der Waals surface area contributed by atoms with Gasteiger partial charge in [0.25, 0.3) is 0 Å². The van der Waals surface area contributed by atoms with E-state index in [1.807, 2.05) is 47.3 Å². The van der Waals surface area contributed by atoms with E-state index >= 15 is 0 Å². The number of rotatable bonds is 9. The number of hydrogen-bond donors (Lipinski definition) is 1. The van der Waals surface area contributed by atoms with Gasteiger partial charge in [0.05, 0.1) is 12.3 Å². The average Bonchev–Trinajstić information content (AvgIpc) is 3.47. The first-order valence-electron chi connectivity index (χ1n) is 10.6. The highest BCUT2D eigenvalue weighted by Crippen LogP contribution is 2.26. The van der Waals surface area contributed by atoms with Gasteiger partial charge in [0.2, 0.25) is 5.91 Å². The van der Waals surface area contributed by atoms with Crippen LogP contribution in [0.4, 0.5) is 0 Å². The molecule has 2 aromatic heterocycles. The minimum absolute atomic E-state index is 0.0290. The minimum atomic E-state index is -0.0290. The molecular formula is C24H26N6OS. The van der Waals surface area contributed by atoms with Crippen LogP contribution < -0.4 is 5.32 Å². The lowest BCUT2D eigenvalue weighted by molar-refractivity contribution is -0.118. The normalized spacial score (nSPS) is 10.9. The number of nitrogens with zero attached hydrogens (tertiary/aromatic N) is 5. The Balaban J connectivity index is 1.30. The Morgan fingerprint density at radius 3 is 2.53 bits per heavy atom. The van der Waals surface area contributed by atoms with Gasteiger partial charge in [0.1, 0.15) is 0 Å². The fraction of sp³-hybridized carbons (Fsp3) is 0.250. The van der Waals surface area contributed by atoms with Gasteiger partial charge in [-0.1, -0.05) is 60.3 Å². The zero-order valence-corrected chi connectivity index (χ0v) is 19.0. The Morgan fingerprint density at radius 2 is 1.81 bits per heavy atom. The van der Waals surface area contributed by atoms with Crippen LogP contribution in [0.15, 0.2) is 72.1 Å². The first-order valence-corrected chi connectivity index (χ1v) is 11.6. The van der Waals surface area contributed by atoms with Gasteiger partial charge in [0, 0.05) is 31.0 Å². The van der Waals surface area contributed by atoms with Crippen LogP contribution in [0, 0.1) is 6.92 Å². The first-order chi connectivity index (χ1) is 15.6. The van der Waals surface area contributed by atoms with Crippen molar-refractivity contribution in [2.45, 2.75) is 38.6 Å². The van der Waals surface area contributed by atoms with Crippen molar-refractivity contribution in [1.29, 1.82) is 0 Å². The van der Waals surface area contributed by atoms with Crippen LogP contribution in [0.25, 0.3) is 11.4 Å². The SMILES string of the molecule is CCn1c(SCC(=O)NCc2ccc(Cn3cccn3)cc2)nnc1-c1ccccc1C. The molecule has 0 aliphatic heterocycles. The molecule has 4 rings (SSSR count). The van der Waals surface area contributed by atoms with Crippen molar-refractivity contribution in [3.8, 4) is 11.4 Å². The molecule has 0 unspecified atom stereocenters. The van der Waals surface area contributed by atoms with E-state index in [4.69, 9.17) is 0 Å². The highest BCUT2D eigenvalue weighted by atomic mass is 32.2. The topological polar surface area (TPSA) is 77.6 Å². The standard InChI is InChI=1S/C24H26N6OS/c1-3-30-23(21-8-5-4-7-18(21)2)27-28-24(30)32-17-22(31)25-15-19-9-11-20(12-10-19)16-29-14-6-13-26-29/h4-14H,3,15-17H2,1-2H3,(H,25,31). The summed E-state index contributed by atoms with van der Waals surface area (Å²) in [5.74, 6) is 1.10. The molecule has 2 aromatic carbocycles. The lowest BCUT2D eigenvalue weighted by Gasteiger charge is -2.09. The van der Waals surface area contributed by atoms with E-state index in [-0.39, 0.29) is 5.91 Å². The Bertz CT molecular complexity index is 1170. The van der Waals surface area contributed by atoms with E-state index in [0.29, 0.717) is 12.3 Å². The fourth-order valence-corrected chi connectivity index (χ4v) is 4.26. The van der Waals surface area contributed by atoms with E-state index in [9.17, 15) is 4.79 Å². The van der Waals surface area contributed by atoms with Crippen LogP contribution in [0.5, 0.6) is 0 Å². The van der Waals surface area contributed by atoms with Gasteiger partial charge < -0.3 is 9.88 Å². The number of benzene rings is 2. The Morgan fingerprint density at radius 1 is 1.03 bits per heavy atom.